The van der Waals surface area contributed by atoms with Gasteiger partial charge in [-0.1, -0.05) is 19.9 Å². The lowest BCUT2D eigenvalue weighted by Crippen LogP contribution is -2.60. The summed E-state index contributed by atoms with van der Waals surface area (Å²) in [5.74, 6) is 2.58. The van der Waals surface area contributed by atoms with Crippen molar-refractivity contribution in [1.82, 2.24) is 4.90 Å². The molecule has 0 saturated heterocycles. The van der Waals surface area contributed by atoms with E-state index in [1.165, 1.54) is 5.57 Å². The van der Waals surface area contributed by atoms with Gasteiger partial charge >= 0.3 is 0 Å². The molecule has 4 aliphatic rings. The van der Waals surface area contributed by atoms with E-state index in [9.17, 15) is 9.90 Å². The standard InChI is InChI=1S/C24H31NO3/c1-23-10-8-19-17(18(23)6-7-20(23)26)14-15(13-16-5-4-12-28-16)22-24(19,2)11-9-21(27)25(22)3/h4-5,9,11-13,17-20,22,26H,6-8,10,14H2,1-3H3/t17-,18-,19+,20?,22?,23-,24+/m0/s1. The van der Waals surface area contributed by atoms with Crippen molar-refractivity contribution >= 4 is 12.0 Å². The van der Waals surface area contributed by atoms with Crippen LogP contribution in [0, 0.1) is 28.6 Å². The molecule has 2 unspecified atom stereocenters. The van der Waals surface area contributed by atoms with E-state index in [0.29, 0.717) is 17.8 Å². The molecule has 2 heterocycles. The van der Waals surface area contributed by atoms with Crippen LogP contribution in [-0.2, 0) is 4.79 Å². The maximum atomic E-state index is 12.5. The number of rotatable bonds is 1. The zero-order chi connectivity index (χ0) is 19.7. The minimum atomic E-state index is -0.173. The van der Waals surface area contributed by atoms with Crippen LogP contribution >= 0.6 is 0 Å². The van der Waals surface area contributed by atoms with Crippen molar-refractivity contribution in [1.29, 1.82) is 0 Å². The van der Waals surface area contributed by atoms with Crippen molar-refractivity contribution in [2.24, 2.45) is 28.6 Å². The second kappa shape index (κ2) is 6.09. The molecule has 1 amide bonds. The Morgan fingerprint density at radius 3 is 2.82 bits per heavy atom. The summed E-state index contributed by atoms with van der Waals surface area (Å²) < 4.78 is 5.63. The molecule has 3 fully saturated rings. The molecular formula is C24H31NO3. The van der Waals surface area contributed by atoms with E-state index in [2.05, 4.69) is 26.0 Å². The number of aliphatic hydroxyl groups excluding tert-OH is 1. The van der Waals surface area contributed by atoms with Crippen molar-refractivity contribution in [2.45, 2.75) is 58.1 Å². The quantitative estimate of drug-likeness (QED) is 0.790. The molecule has 3 saturated carbocycles. The Kier molecular flexibility index (Phi) is 3.97. The molecule has 3 aliphatic carbocycles. The van der Waals surface area contributed by atoms with Gasteiger partial charge < -0.3 is 14.4 Å². The molecule has 1 N–H and O–H groups in total. The van der Waals surface area contributed by atoms with Gasteiger partial charge in [0.25, 0.3) is 0 Å². The molecule has 7 atom stereocenters. The number of aliphatic hydroxyl groups is 1. The number of carbonyl (C=O) groups is 1. The summed E-state index contributed by atoms with van der Waals surface area (Å²) in [6.45, 7) is 4.65. The molecule has 150 valence electrons. The van der Waals surface area contributed by atoms with Crippen LogP contribution < -0.4 is 0 Å². The number of nitrogens with zero attached hydrogens (tertiary/aromatic N) is 1. The molecule has 1 aromatic rings. The summed E-state index contributed by atoms with van der Waals surface area (Å²) in [7, 11) is 1.94. The molecule has 1 aliphatic heterocycles. The molecule has 28 heavy (non-hydrogen) atoms. The van der Waals surface area contributed by atoms with Crippen LogP contribution in [0.5, 0.6) is 0 Å². The van der Waals surface area contributed by atoms with E-state index in [1.54, 1.807) is 12.3 Å². The molecule has 1 aromatic heterocycles. The summed E-state index contributed by atoms with van der Waals surface area (Å²) in [5, 5.41) is 10.7. The van der Waals surface area contributed by atoms with E-state index >= 15 is 0 Å². The molecule has 0 bridgehead atoms. The van der Waals surface area contributed by atoms with Gasteiger partial charge in [-0.2, -0.15) is 0 Å². The van der Waals surface area contributed by atoms with Crippen LogP contribution in [-0.4, -0.2) is 35.1 Å². The lowest BCUT2D eigenvalue weighted by molar-refractivity contribution is -0.135. The number of carbonyl (C=O) groups excluding carboxylic acids is 1. The first-order valence-corrected chi connectivity index (χ1v) is 10.7. The third-order valence-electron chi connectivity index (χ3n) is 8.79. The van der Waals surface area contributed by atoms with Crippen LogP contribution in [0.15, 0.2) is 40.5 Å². The van der Waals surface area contributed by atoms with Gasteiger partial charge in [0, 0.05) is 12.5 Å². The Labute approximate surface area is 167 Å². The van der Waals surface area contributed by atoms with E-state index in [4.69, 9.17) is 4.42 Å². The highest BCUT2D eigenvalue weighted by Crippen LogP contribution is 2.64. The largest absolute Gasteiger partial charge is 0.465 e. The van der Waals surface area contributed by atoms with Crippen molar-refractivity contribution in [2.75, 3.05) is 7.05 Å². The summed E-state index contributed by atoms with van der Waals surface area (Å²) >= 11 is 0. The van der Waals surface area contributed by atoms with E-state index in [0.717, 1.165) is 37.9 Å². The zero-order valence-corrected chi connectivity index (χ0v) is 17.1. The first kappa shape index (κ1) is 18.2. The number of likely N-dealkylation sites (N-methyl/N-ethyl adjacent to an activating group) is 1. The van der Waals surface area contributed by atoms with Gasteiger partial charge in [-0.3, -0.25) is 4.79 Å². The normalized spacial score (nSPS) is 46.4. The van der Waals surface area contributed by atoms with Crippen LogP contribution in [0.1, 0.15) is 51.7 Å². The predicted octanol–water partition coefficient (Wildman–Crippen LogP) is 4.27. The van der Waals surface area contributed by atoms with Gasteiger partial charge in [-0.25, -0.2) is 0 Å². The fraction of sp³-hybridized carbons (Fsp3) is 0.625. The maximum Gasteiger partial charge on any atom is 0.246 e. The fourth-order valence-electron chi connectivity index (χ4n) is 7.37. The van der Waals surface area contributed by atoms with Gasteiger partial charge in [0.1, 0.15) is 5.76 Å². The zero-order valence-electron chi connectivity index (χ0n) is 17.1. The average Bonchev–Trinajstić information content (AvgIpc) is 3.27. The Morgan fingerprint density at radius 1 is 1.25 bits per heavy atom. The maximum absolute atomic E-state index is 12.5. The Morgan fingerprint density at radius 2 is 2.07 bits per heavy atom. The molecule has 4 nitrogen and oxygen atoms in total. The number of hydrogen-bond acceptors (Lipinski definition) is 3. The Hall–Kier alpha value is -1.81. The number of fused-ring (bicyclic) bond motifs is 5. The second-order valence-corrected chi connectivity index (χ2v) is 10.0. The first-order chi connectivity index (χ1) is 13.3. The van der Waals surface area contributed by atoms with E-state index in [-0.39, 0.29) is 28.9 Å². The minimum absolute atomic E-state index is 0.0419. The summed E-state index contributed by atoms with van der Waals surface area (Å²) in [6, 6.07) is 3.98. The van der Waals surface area contributed by atoms with E-state index < -0.39 is 0 Å². The highest BCUT2D eigenvalue weighted by molar-refractivity contribution is 5.89. The number of furan rings is 1. The lowest BCUT2D eigenvalue weighted by atomic mass is 9.47. The van der Waals surface area contributed by atoms with Gasteiger partial charge in [0.2, 0.25) is 5.91 Å². The topological polar surface area (TPSA) is 53.7 Å². The van der Waals surface area contributed by atoms with Gasteiger partial charge in [-0.05, 0) is 85.1 Å². The van der Waals surface area contributed by atoms with Crippen LogP contribution in [0.3, 0.4) is 0 Å². The van der Waals surface area contributed by atoms with E-state index in [1.807, 2.05) is 24.1 Å². The lowest BCUT2D eigenvalue weighted by Gasteiger charge is -2.60. The number of hydrogen-bond donors (Lipinski definition) is 1. The van der Waals surface area contributed by atoms with Crippen molar-refractivity contribution < 1.29 is 14.3 Å². The summed E-state index contributed by atoms with van der Waals surface area (Å²) in [4.78, 5) is 14.5. The first-order valence-electron chi connectivity index (χ1n) is 10.7. The van der Waals surface area contributed by atoms with Crippen molar-refractivity contribution in [3.05, 3.63) is 41.9 Å². The third kappa shape index (κ3) is 2.36. The third-order valence-corrected chi connectivity index (χ3v) is 8.79. The van der Waals surface area contributed by atoms with Crippen LogP contribution in [0.2, 0.25) is 0 Å². The highest BCUT2D eigenvalue weighted by Gasteiger charge is 2.61. The molecule has 0 spiro atoms. The van der Waals surface area contributed by atoms with Gasteiger partial charge in [0.05, 0.1) is 18.4 Å². The minimum Gasteiger partial charge on any atom is -0.465 e. The predicted molar refractivity (Wildman–Crippen MR) is 108 cm³/mol. The van der Waals surface area contributed by atoms with Gasteiger partial charge in [-0.15, -0.1) is 0 Å². The second-order valence-electron chi connectivity index (χ2n) is 10.0. The Bertz CT molecular complexity index is 840. The fourth-order valence-corrected chi connectivity index (χ4v) is 7.37. The SMILES string of the molecule is CN1C(=O)C=C[C@@]2(C)C1C(=Cc1ccco1)C[C@@H]1[C@H]2CC[C@]2(C)C(O)CC[C@@H]12. The summed E-state index contributed by atoms with van der Waals surface area (Å²) in [6.07, 6.45) is 12.9. The molecule has 5 rings (SSSR count). The van der Waals surface area contributed by atoms with Crippen molar-refractivity contribution in [3.8, 4) is 0 Å². The van der Waals surface area contributed by atoms with Crippen LogP contribution in [0.4, 0.5) is 0 Å². The summed E-state index contributed by atoms with van der Waals surface area (Å²) in [5.41, 5.74) is 1.27. The monoisotopic (exact) mass is 381 g/mol. The molecule has 0 aromatic carbocycles. The highest BCUT2D eigenvalue weighted by atomic mass is 16.3. The molecular weight excluding hydrogens is 350 g/mol. The number of amides is 1. The molecule has 0 radical (unpaired) electrons. The molecule has 4 heteroatoms. The smallest absolute Gasteiger partial charge is 0.246 e. The Balaban J connectivity index is 1.62. The van der Waals surface area contributed by atoms with Crippen LogP contribution in [0.25, 0.3) is 6.08 Å². The van der Waals surface area contributed by atoms with Gasteiger partial charge in [0.15, 0.2) is 0 Å². The van der Waals surface area contributed by atoms with Crippen molar-refractivity contribution in [3.63, 3.8) is 0 Å². The average molecular weight is 382 g/mol.